The van der Waals surface area contributed by atoms with Crippen LogP contribution in [0.25, 0.3) is 0 Å². The molecular weight excluding hydrogens is 178 g/mol. The normalized spacial score (nSPS) is 26.1. The SMILES string of the molecule is N#CC1(c2ccncn2)CCCC1=O. The fourth-order valence-electron chi connectivity index (χ4n) is 1.86. The van der Waals surface area contributed by atoms with E-state index in [0.717, 1.165) is 6.42 Å². The minimum Gasteiger partial charge on any atom is -0.297 e. The van der Waals surface area contributed by atoms with Crippen molar-refractivity contribution in [3.05, 3.63) is 24.3 Å². The average Bonchev–Trinajstić information content (AvgIpc) is 2.62. The van der Waals surface area contributed by atoms with Crippen molar-refractivity contribution in [1.29, 1.82) is 5.26 Å². The molecule has 0 amide bonds. The van der Waals surface area contributed by atoms with Crippen LogP contribution < -0.4 is 0 Å². The molecule has 0 N–H and O–H groups in total. The molecule has 0 saturated heterocycles. The molecule has 14 heavy (non-hydrogen) atoms. The lowest BCUT2D eigenvalue weighted by molar-refractivity contribution is -0.120. The van der Waals surface area contributed by atoms with Crippen LogP contribution in [0.15, 0.2) is 18.6 Å². The molecule has 4 heteroatoms. The van der Waals surface area contributed by atoms with Gasteiger partial charge in [0.05, 0.1) is 11.8 Å². The molecule has 1 aromatic heterocycles. The summed E-state index contributed by atoms with van der Waals surface area (Å²) in [5.74, 6) is -0.0151. The summed E-state index contributed by atoms with van der Waals surface area (Å²) in [6.07, 6.45) is 4.78. The number of carbonyl (C=O) groups is 1. The van der Waals surface area contributed by atoms with Gasteiger partial charge in [0.25, 0.3) is 0 Å². The van der Waals surface area contributed by atoms with Crippen LogP contribution in [-0.2, 0) is 10.2 Å². The molecule has 0 aliphatic heterocycles. The van der Waals surface area contributed by atoms with E-state index in [4.69, 9.17) is 5.26 Å². The van der Waals surface area contributed by atoms with Crippen LogP contribution >= 0.6 is 0 Å². The van der Waals surface area contributed by atoms with Crippen molar-refractivity contribution in [3.8, 4) is 6.07 Å². The second-order valence-electron chi connectivity index (χ2n) is 3.39. The van der Waals surface area contributed by atoms with Crippen molar-refractivity contribution in [2.75, 3.05) is 0 Å². The highest BCUT2D eigenvalue weighted by molar-refractivity contribution is 5.94. The number of rotatable bonds is 1. The summed E-state index contributed by atoms with van der Waals surface area (Å²) in [4.78, 5) is 19.4. The van der Waals surface area contributed by atoms with Crippen molar-refractivity contribution in [2.24, 2.45) is 0 Å². The summed E-state index contributed by atoms with van der Waals surface area (Å²) >= 11 is 0. The van der Waals surface area contributed by atoms with Crippen LogP contribution in [0, 0.1) is 11.3 Å². The van der Waals surface area contributed by atoms with E-state index in [-0.39, 0.29) is 5.78 Å². The Hall–Kier alpha value is -1.76. The first-order valence-corrected chi connectivity index (χ1v) is 4.51. The molecule has 4 nitrogen and oxygen atoms in total. The largest absolute Gasteiger partial charge is 0.297 e. The number of hydrogen-bond acceptors (Lipinski definition) is 4. The van der Waals surface area contributed by atoms with E-state index in [1.54, 1.807) is 12.3 Å². The average molecular weight is 187 g/mol. The number of ketones is 1. The molecule has 0 aromatic carbocycles. The Morgan fingerprint density at radius 3 is 2.93 bits per heavy atom. The van der Waals surface area contributed by atoms with Crippen LogP contribution in [0.5, 0.6) is 0 Å². The van der Waals surface area contributed by atoms with E-state index < -0.39 is 5.41 Å². The third-order valence-electron chi connectivity index (χ3n) is 2.64. The molecular formula is C10H9N3O. The van der Waals surface area contributed by atoms with Gasteiger partial charge in [-0.2, -0.15) is 5.26 Å². The molecule has 1 atom stereocenters. The summed E-state index contributed by atoms with van der Waals surface area (Å²) in [7, 11) is 0. The van der Waals surface area contributed by atoms with Crippen LogP contribution in [0.2, 0.25) is 0 Å². The molecule has 70 valence electrons. The van der Waals surface area contributed by atoms with Gasteiger partial charge < -0.3 is 0 Å². The summed E-state index contributed by atoms with van der Waals surface area (Å²) in [6, 6.07) is 3.75. The van der Waals surface area contributed by atoms with Gasteiger partial charge in [-0.25, -0.2) is 9.97 Å². The molecule has 0 spiro atoms. The van der Waals surface area contributed by atoms with Gasteiger partial charge >= 0.3 is 0 Å². The number of nitrogens with zero attached hydrogens (tertiary/aromatic N) is 3. The highest BCUT2D eigenvalue weighted by Crippen LogP contribution is 2.36. The first kappa shape index (κ1) is 8.82. The third kappa shape index (κ3) is 1.10. The van der Waals surface area contributed by atoms with Crippen molar-refractivity contribution in [2.45, 2.75) is 24.7 Å². The summed E-state index contributed by atoms with van der Waals surface area (Å²) in [5, 5.41) is 9.11. The highest BCUT2D eigenvalue weighted by Gasteiger charge is 2.45. The van der Waals surface area contributed by atoms with Gasteiger partial charge in [0.15, 0.2) is 11.2 Å². The fraction of sp³-hybridized carbons (Fsp3) is 0.400. The lowest BCUT2D eigenvalue weighted by Crippen LogP contribution is -2.29. The molecule has 1 fully saturated rings. The molecule has 1 aliphatic rings. The number of Topliss-reactive ketones (excluding diaryl/α,β-unsaturated/α-hetero) is 1. The zero-order valence-corrected chi connectivity index (χ0v) is 7.60. The Bertz CT molecular complexity index is 396. The lowest BCUT2D eigenvalue weighted by atomic mass is 9.83. The van der Waals surface area contributed by atoms with Crippen molar-refractivity contribution < 1.29 is 4.79 Å². The predicted molar refractivity (Wildman–Crippen MR) is 48.2 cm³/mol. The molecule has 1 heterocycles. The first-order chi connectivity index (χ1) is 6.79. The Kier molecular flexibility index (Phi) is 2.01. The topological polar surface area (TPSA) is 66.6 Å². The molecule has 1 unspecified atom stereocenters. The maximum absolute atomic E-state index is 11.6. The molecule has 1 saturated carbocycles. The standard InChI is InChI=1S/C10H9N3O/c11-6-10(4-1-2-9(10)14)8-3-5-12-7-13-8/h3,5,7H,1-2,4H2. The summed E-state index contributed by atoms with van der Waals surface area (Å²) in [6.45, 7) is 0. The van der Waals surface area contributed by atoms with Crippen LogP contribution in [0.4, 0.5) is 0 Å². The highest BCUT2D eigenvalue weighted by atomic mass is 16.1. The molecule has 1 aliphatic carbocycles. The van der Waals surface area contributed by atoms with Crippen LogP contribution in [0.3, 0.4) is 0 Å². The molecule has 2 rings (SSSR count). The Morgan fingerprint density at radius 2 is 2.43 bits per heavy atom. The number of hydrogen-bond donors (Lipinski definition) is 0. The molecule has 1 aromatic rings. The number of nitriles is 1. The number of carbonyl (C=O) groups excluding carboxylic acids is 1. The maximum Gasteiger partial charge on any atom is 0.159 e. The van der Waals surface area contributed by atoms with E-state index >= 15 is 0 Å². The van der Waals surface area contributed by atoms with Crippen LogP contribution in [-0.4, -0.2) is 15.8 Å². The Morgan fingerprint density at radius 1 is 1.57 bits per heavy atom. The van der Waals surface area contributed by atoms with E-state index in [1.165, 1.54) is 6.33 Å². The van der Waals surface area contributed by atoms with E-state index in [9.17, 15) is 4.79 Å². The third-order valence-corrected chi connectivity index (χ3v) is 2.64. The molecule has 0 bridgehead atoms. The first-order valence-electron chi connectivity index (χ1n) is 4.51. The van der Waals surface area contributed by atoms with Gasteiger partial charge in [-0.1, -0.05) is 0 Å². The summed E-state index contributed by atoms with van der Waals surface area (Å²) < 4.78 is 0. The number of aromatic nitrogens is 2. The van der Waals surface area contributed by atoms with E-state index in [1.807, 2.05) is 0 Å². The fourth-order valence-corrected chi connectivity index (χ4v) is 1.86. The second kappa shape index (κ2) is 3.18. The van der Waals surface area contributed by atoms with Gasteiger partial charge in [-0.05, 0) is 18.9 Å². The van der Waals surface area contributed by atoms with Gasteiger partial charge in [-0.15, -0.1) is 0 Å². The Balaban J connectivity index is 2.50. The minimum atomic E-state index is -0.997. The smallest absolute Gasteiger partial charge is 0.159 e. The van der Waals surface area contributed by atoms with Gasteiger partial charge in [0, 0.05) is 12.6 Å². The van der Waals surface area contributed by atoms with E-state index in [2.05, 4.69) is 16.0 Å². The van der Waals surface area contributed by atoms with Crippen molar-refractivity contribution in [3.63, 3.8) is 0 Å². The molecule has 0 radical (unpaired) electrons. The van der Waals surface area contributed by atoms with Crippen molar-refractivity contribution >= 4 is 5.78 Å². The van der Waals surface area contributed by atoms with Gasteiger partial charge in [0.2, 0.25) is 0 Å². The lowest BCUT2D eigenvalue weighted by Gasteiger charge is -2.16. The second-order valence-corrected chi connectivity index (χ2v) is 3.39. The zero-order valence-electron chi connectivity index (χ0n) is 7.60. The Labute approximate surface area is 81.6 Å². The minimum absolute atomic E-state index is 0.0151. The van der Waals surface area contributed by atoms with Gasteiger partial charge in [0.1, 0.15) is 6.33 Å². The van der Waals surface area contributed by atoms with Gasteiger partial charge in [-0.3, -0.25) is 4.79 Å². The predicted octanol–water partition coefficient (Wildman–Crippen LogP) is 0.991. The quantitative estimate of drug-likeness (QED) is 0.657. The maximum atomic E-state index is 11.6. The van der Waals surface area contributed by atoms with Crippen molar-refractivity contribution in [1.82, 2.24) is 9.97 Å². The van der Waals surface area contributed by atoms with E-state index in [0.29, 0.717) is 18.5 Å². The summed E-state index contributed by atoms with van der Waals surface area (Å²) in [5.41, 5.74) is -0.458. The monoisotopic (exact) mass is 187 g/mol. The van der Waals surface area contributed by atoms with Crippen LogP contribution in [0.1, 0.15) is 25.0 Å². The zero-order chi connectivity index (χ0) is 10.0.